The zero-order chi connectivity index (χ0) is 19.5. The Morgan fingerprint density at radius 3 is 2.42 bits per heavy atom. The summed E-state index contributed by atoms with van der Waals surface area (Å²) in [4.78, 5) is 35.0. The maximum atomic E-state index is 12.7. The molecule has 0 aliphatic heterocycles. The molecule has 1 aromatic rings. The lowest BCUT2D eigenvalue weighted by atomic mass is 9.72. The molecule has 26 heavy (non-hydrogen) atoms. The first-order valence-electron chi connectivity index (χ1n) is 8.50. The quantitative estimate of drug-likeness (QED) is 0.469. The lowest BCUT2D eigenvalue weighted by Crippen LogP contribution is -2.29. The molecule has 1 aliphatic carbocycles. The summed E-state index contributed by atoms with van der Waals surface area (Å²) in [5, 5.41) is 21.3. The highest BCUT2D eigenvalue weighted by molar-refractivity contribution is 5.99. The molecule has 2 rings (SSSR count). The molecule has 1 atom stereocenters. The number of aliphatic hydroxyl groups excluding tert-OH is 1. The van der Waals surface area contributed by atoms with Crippen LogP contribution >= 0.6 is 0 Å². The van der Waals surface area contributed by atoms with Gasteiger partial charge in [0.1, 0.15) is 5.76 Å². The normalized spacial score (nSPS) is 17.7. The molecule has 0 heterocycles. The summed E-state index contributed by atoms with van der Waals surface area (Å²) in [6, 6.07) is 5.66. The second-order valence-corrected chi connectivity index (χ2v) is 7.21. The number of rotatable bonds is 6. The number of allylic oxidation sites excluding steroid dienone is 2. The molecule has 0 amide bonds. The van der Waals surface area contributed by atoms with Crippen LogP contribution in [-0.2, 0) is 14.3 Å². The van der Waals surface area contributed by atoms with Crippen LogP contribution in [0.2, 0.25) is 0 Å². The number of hydrogen-bond acceptors (Lipinski definition) is 6. The SMILES string of the molecule is CCOC(=O)CC(C1=C(O)CC(C)(C)CC1=O)c1ccc([N+](=O)[O-])cc1. The third-order valence-electron chi connectivity index (χ3n) is 4.43. The zero-order valence-electron chi connectivity index (χ0n) is 15.2. The van der Waals surface area contributed by atoms with Gasteiger partial charge in [0.05, 0.1) is 18.0 Å². The smallest absolute Gasteiger partial charge is 0.306 e. The Labute approximate surface area is 151 Å². The van der Waals surface area contributed by atoms with Crippen molar-refractivity contribution >= 4 is 17.4 Å². The van der Waals surface area contributed by atoms with Gasteiger partial charge in [0.2, 0.25) is 0 Å². The summed E-state index contributed by atoms with van der Waals surface area (Å²) < 4.78 is 5.00. The molecule has 0 fully saturated rings. The van der Waals surface area contributed by atoms with Crippen LogP contribution in [0.15, 0.2) is 35.6 Å². The van der Waals surface area contributed by atoms with Gasteiger partial charge in [-0.05, 0) is 17.9 Å². The molecule has 0 radical (unpaired) electrons. The zero-order valence-corrected chi connectivity index (χ0v) is 15.2. The molecule has 7 nitrogen and oxygen atoms in total. The number of Topliss-reactive ketones (excluding diaryl/α,β-unsaturated/α-hetero) is 1. The van der Waals surface area contributed by atoms with Gasteiger partial charge in [-0.3, -0.25) is 19.7 Å². The summed E-state index contributed by atoms with van der Waals surface area (Å²) in [7, 11) is 0. The molecule has 1 aliphatic rings. The lowest BCUT2D eigenvalue weighted by Gasteiger charge is -2.32. The lowest BCUT2D eigenvalue weighted by molar-refractivity contribution is -0.384. The van der Waals surface area contributed by atoms with Gasteiger partial charge in [-0.2, -0.15) is 0 Å². The topological polar surface area (TPSA) is 107 Å². The van der Waals surface area contributed by atoms with Crippen LogP contribution in [-0.4, -0.2) is 28.4 Å². The number of nitro benzene ring substituents is 1. The van der Waals surface area contributed by atoms with Crippen LogP contribution in [0, 0.1) is 15.5 Å². The highest BCUT2D eigenvalue weighted by atomic mass is 16.6. The fourth-order valence-electron chi connectivity index (χ4n) is 3.30. The fourth-order valence-corrected chi connectivity index (χ4v) is 3.30. The number of ether oxygens (including phenoxy) is 1. The monoisotopic (exact) mass is 361 g/mol. The Kier molecular flexibility index (Phi) is 5.79. The standard InChI is InChI=1S/C19H23NO6/c1-4-26-17(23)9-14(12-5-7-13(8-6-12)20(24)25)18-15(21)10-19(2,3)11-16(18)22/h5-8,14,21H,4,9-11H2,1-3H3. The number of carbonyl (C=O) groups is 2. The van der Waals surface area contributed by atoms with Crippen LogP contribution in [0.3, 0.4) is 0 Å². The Bertz CT molecular complexity index is 748. The summed E-state index contributed by atoms with van der Waals surface area (Å²) in [6.07, 6.45) is 0.482. The highest BCUT2D eigenvalue weighted by Crippen LogP contribution is 2.42. The van der Waals surface area contributed by atoms with Crippen LogP contribution in [0.5, 0.6) is 0 Å². The number of nitrogens with zero attached hydrogens (tertiary/aromatic N) is 1. The minimum Gasteiger partial charge on any atom is -0.512 e. The van der Waals surface area contributed by atoms with Crippen molar-refractivity contribution in [3.05, 3.63) is 51.3 Å². The van der Waals surface area contributed by atoms with Gasteiger partial charge in [-0.25, -0.2) is 0 Å². The van der Waals surface area contributed by atoms with Gasteiger partial charge in [0, 0.05) is 36.5 Å². The summed E-state index contributed by atoms with van der Waals surface area (Å²) >= 11 is 0. The Morgan fingerprint density at radius 1 is 1.31 bits per heavy atom. The van der Waals surface area contributed by atoms with E-state index in [0.29, 0.717) is 12.0 Å². The van der Waals surface area contributed by atoms with Gasteiger partial charge in [0.15, 0.2) is 5.78 Å². The first kappa shape index (κ1) is 19.6. The van der Waals surface area contributed by atoms with Crippen molar-refractivity contribution in [3.63, 3.8) is 0 Å². The Morgan fingerprint density at radius 2 is 1.92 bits per heavy atom. The highest BCUT2D eigenvalue weighted by Gasteiger charge is 2.37. The van der Waals surface area contributed by atoms with Crippen LogP contribution < -0.4 is 0 Å². The maximum Gasteiger partial charge on any atom is 0.306 e. The molecule has 1 unspecified atom stereocenters. The van der Waals surface area contributed by atoms with Gasteiger partial charge in [-0.15, -0.1) is 0 Å². The van der Waals surface area contributed by atoms with E-state index in [0.717, 1.165) is 0 Å². The molecular weight excluding hydrogens is 338 g/mol. The molecule has 0 bridgehead atoms. The minimum atomic E-state index is -0.696. The average molecular weight is 361 g/mol. The molecule has 0 spiro atoms. The third-order valence-corrected chi connectivity index (χ3v) is 4.43. The predicted octanol–water partition coefficient (Wildman–Crippen LogP) is 3.83. The number of benzene rings is 1. The number of ketones is 1. The van der Waals surface area contributed by atoms with E-state index in [1.54, 1.807) is 6.92 Å². The van der Waals surface area contributed by atoms with Crippen molar-refractivity contribution < 1.29 is 24.4 Å². The largest absolute Gasteiger partial charge is 0.512 e. The van der Waals surface area contributed by atoms with Crippen molar-refractivity contribution in [2.24, 2.45) is 5.41 Å². The number of non-ortho nitro benzene ring substituents is 1. The predicted molar refractivity (Wildman–Crippen MR) is 94.8 cm³/mol. The number of esters is 1. The molecule has 140 valence electrons. The van der Waals surface area contributed by atoms with Gasteiger partial charge < -0.3 is 9.84 Å². The van der Waals surface area contributed by atoms with Gasteiger partial charge >= 0.3 is 5.97 Å². The van der Waals surface area contributed by atoms with E-state index in [-0.39, 0.29) is 47.7 Å². The van der Waals surface area contributed by atoms with Crippen LogP contribution in [0.4, 0.5) is 5.69 Å². The van der Waals surface area contributed by atoms with Gasteiger partial charge in [0.25, 0.3) is 5.69 Å². The molecule has 1 N–H and O–H groups in total. The Balaban J connectivity index is 2.45. The molecule has 1 aromatic carbocycles. The van der Waals surface area contributed by atoms with E-state index in [2.05, 4.69) is 0 Å². The second-order valence-electron chi connectivity index (χ2n) is 7.21. The van der Waals surface area contributed by atoms with E-state index in [4.69, 9.17) is 4.74 Å². The third kappa shape index (κ3) is 4.47. The van der Waals surface area contributed by atoms with E-state index in [1.807, 2.05) is 13.8 Å². The summed E-state index contributed by atoms with van der Waals surface area (Å²) in [5.74, 6) is -1.43. The number of hydrogen-bond donors (Lipinski definition) is 1. The van der Waals surface area contributed by atoms with Crippen molar-refractivity contribution in [2.75, 3.05) is 6.61 Å². The van der Waals surface area contributed by atoms with Crippen molar-refractivity contribution in [1.82, 2.24) is 0 Å². The molecule has 0 saturated heterocycles. The molecular formula is C19H23NO6. The fraction of sp³-hybridized carbons (Fsp3) is 0.474. The van der Waals surface area contributed by atoms with Crippen LogP contribution in [0.1, 0.15) is 51.5 Å². The first-order chi connectivity index (χ1) is 12.1. The summed E-state index contributed by atoms with van der Waals surface area (Å²) in [6.45, 7) is 5.68. The van der Waals surface area contributed by atoms with Crippen molar-refractivity contribution in [2.45, 2.75) is 46.0 Å². The number of nitro groups is 1. The van der Waals surface area contributed by atoms with Gasteiger partial charge in [-0.1, -0.05) is 26.0 Å². The Hall–Kier alpha value is -2.70. The first-order valence-corrected chi connectivity index (χ1v) is 8.50. The maximum absolute atomic E-state index is 12.7. The van der Waals surface area contributed by atoms with E-state index < -0.39 is 16.8 Å². The average Bonchev–Trinajstić information content (AvgIpc) is 2.52. The number of aliphatic hydroxyl groups is 1. The van der Waals surface area contributed by atoms with E-state index >= 15 is 0 Å². The van der Waals surface area contributed by atoms with Crippen LogP contribution in [0.25, 0.3) is 0 Å². The summed E-state index contributed by atoms with van der Waals surface area (Å²) in [5.41, 5.74) is 0.316. The van der Waals surface area contributed by atoms with E-state index in [9.17, 15) is 24.8 Å². The minimum absolute atomic E-state index is 0.0288. The second kappa shape index (κ2) is 7.68. The molecule has 0 saturated carbocycles. The molecule has 7 heteroatoms. The van der Waals surface area contributed by atoms with Crippen molar-refractivity contribution in [1.29, 1.82) is 0 Å². The number of carbonyl (C=O) groups excluding carboxylic acids is 2. The van der Waals surface area contributed by atoms with Crippen molar-refractivity contribution in [3.8, 4) is 0 Å². The molecule has 0 aromatic heterocycles. The van der Waals surface area contributed by atoms with E-state index in [1.165, 1.54) is 24.3 Å².